The molecule has 4 rings (SSSR count). The molecule has 33 heavy (non-hydrogen) atoms. The Hall–Kier alpha value is -4.37. The molecule has 0 unspecified atom stereocenters. The van der Waals surface area contributed by atoms with Gasteiger partial charge in [0.15, 0.2) is 0 Å². The van der Waals surface area contributed by atoms with Crippen molar-refractivity contribution in [2.24, 2.45) is 0 Å². The molecule has 1 aromatic heterocycles. The number of hydrogen-bond acceptors (Lipinski definition) is 5. The van der Waals surface area contributed by atoms with E-state index in [4.69, 9.17) is 9.72 Å². The Labute approximate surface area is 192 Å². The van der Waals surface area contributed by atoms with Gasteiger partial charge in [0, 0.05) is 16.5 Å². The molecule has 0 radical (unpaired) electrons. The Morgan fingerprint density at radius 2 is 1.73 bits per heavy atom. The van der Waals surface area contributed by atoms with Gasteiger partial charge in [0.1, 0.15) is 23.4 Å². The van der Waals surface area contributed by atoms with E-state index >= 15 is 0 Å². The minimum Gasteiger partial charge on any atom is -0.493 e. The summed E-state index contributed by atoms with van der Waals surface area (Å²) in [7, 11) is 0. The van der Waals surface area contributed by atoms with E-state index in [1.54, 1.807) is 6.92 Å². The molecule has 1 heterocycles. The molecule has 0 amide bonds. The van der Waals surface area contributed by atoms with Gasteiger partial charge < -0.3 is 15.2 Å². The third-order valence-corrected chi connectivity index (χ3v) is 5.39. The first-order valence-electron chi connectivity index (χ1n) is 10.7. The van der Waals surface area contributed by atoms with E-state index in [-0.39, 0.29) is 0 Å². The van der Waals surface area contributed by atoms with E-state index in [1.165, 1.54) is 0 Å². The molecule has 0 spiro atoms. The van der Waals surface area contributed by atoms with Crippen LogP contribution in [0, 0.1) is 11.3 Å². The molecule has 6 nitrogen and oxygen atoms in total. The number of rotatable bonds is 7. The number of carbonyl (C=O) groups is 1. The van der Waals surface area contributed by atoms with E-state index < -0.39 is 12.0 Å². The SMILES string of the molecule is CCOc1ccccc1-c1ccc(-c2nc3ccccc3c(N[C@H](C)C(=O)O)c2C#N)cc1. The molecule has 0 aliphatic carbocycles. The molecule has 3 aromatic carbocycles. The van der Waals surface area contributed by atoms with Gasteiger partial charge in [0.25, 0.3) is 0 Å². The van der Waals surface area contributed by atoms with Gasteiger partial charge in [0.05, 0.1) is 23.5 Å². The van der Waals surface area contributed by atoms with E-state index in [1.807, 2.05) is 79.7 Å². The second-order valence-corrected chi connectivity index (χ2v) is 7.55. The maximum Gasteiger partial charge on any atom is 0.325 e. The summed E-state index contributed by atoms with van der Waals surface area (Å²) in [5, 5.41) is 23.1. The van der Waals surface area contributed by atoms with Gasteiger partial charge in [0.2, 0.25) is 0 Å². The number of ether oxygens (including phenoxy) is 1. The van der Waals surface area contributed by atoms with Gasteiger partial charge in [-0.1, -0.05) is 60.7 Å². The topological polar surface area (TPSA) is 95.2 Å². The smallest absolute Gasteiger partial charge is 0.325 e. The molecule has 0 aliphatic heterocycles. The molecule has 0 saturated carbocycles. The molecule has 164 valence electrons. The van der Waals surface area contributed by atoms with Gasteiger partial charge in [-0.2, -0.15) is 5.26 Å². The minimum atomic E-state index is -1.00. The number of fused-ring (bicyclic) bond motifs is 1. The fourth-order valence-corrected chi connectivity index (χ4v) is 3.75. The number of hydrogen-bond donors (Lipinski definition) is 2. The third-order valence-electron chi connectivity index (χ3n) is 5.39. The normalized spacial score (nSPS) is 11.5. The number of nitrogens with one attached hydrogen (secondary N) is 1. The van der Waals surface area contributed by atoms with Crippen molar-refractivity contribution in [1.82, 2.24) is 4.98 Å². The summed E-state index contributed by atoms with van der Waals surface area (Å²) in [6.45, 7) is 4.07. The van der Waals surface area contributed by atoms with Crippen molar-refractivity contribution in [1.29, 1.82) is 5.26 Å². The predicted molar refractivity (Wildman–Crippen MR) is 129 cm³/mol. The van der Waals surface area contributed by atoms with E-state index in [0.717, 1.165) is 22.4 Å². The first kappa shape index (κ1) is 21.8. The van der Waals surface area contributed by atoms with Gasteiger partial charge >= 0.3 is 5.97 Å². The van der Waals surface area contributed by atoms with Crippen molar-refractivity contribution in [2.45, 2.75) is 19.9 Å². The van der Waals surface area contributed by atoms with Gasteiger partial charge in [-0.25, -0.2) is 4.98 Å². The summed E-state index contributed by atoms with van der Waals surface area (Å²) < 4.78 is 5.75. The number of anilines is 1. The number of nitriles is 1. The fraction of sp³-hybridized carbons (Fsp3) is 0.148. The van der Waals surface area contributed by atoms with Crippen molar-refractivity contribution in [3.8, 4) is 34.2 Å². The monoisotopic (exact) mass is 437 g/mol. The summed E-state index contributed by atoms with van der Waals surface area (Å²) >= 11 is 0. The largest absolute Gasteiger partial charge is 0.493 e. The number of aromatic nitrogens is 1. The summed E-state index contributed by atoms with van der Waals surface area (Å²) in [6.07, 6.45) is 0. The van der Waals surface area contributed by atoms with Crippen LogP contribution in [0.15, 0.2) is 72.8 Å². The number of benzene rings is 3. The van der Waals surface area contributed by atoms with E-state index in [0.29, 0.717) is 34.5 Å². The van der Waals surface area contributed by atoms with Crippen molar-refractivity contribution in [2.75, 3.05) is 11.9 Å². The predicted octanol–water partition coefficient (Wildman–Crippen LogP) is 5.72. The van der Waals surface area contributed by atoms with Crippen LogP contribution in [-0.2, 0) is 4.79 Å². The Kier molecular flexibility index (Phi) is 6.23. The molecule has 0 fully saturated rings. The minimum absolute atomic E-state index is 0.310. The average Bonchev–Trinajstić information content (AvgIpc) is 2.84. The van der Waals surface area contributed by atoms with Crippen LogP contribution in [0.25, 0.3) is 33.3 Å². The van der Waals surface area contributed by atoms with Crippen LogP contribution in [0.4, 0.5) is 5.69 Å². The van der Waals surface area contributed by atoms with Crippen molar-refractivity contribution in [3.05, 3.63) is 78.4 Å². The summed E-state index contributed by atoms with van der Waals surface area (Å²) in [6, 6.07) is 24.4. The van der Waals surface area contributed by atoms with Crippen LogP contribution in [0.1, 0.15) is 19.4 Å². The molecular formula is C27H23N3O3. The molecule has 2 N–H and O–H groups in total. The number of para-hydroxylation sites is 2. The van der Waals surface area contributed by atoms with Crippen LogP contribution < -0.4 is 10.1 Å². The van der Waals surface area contributed by atoms with E-state index in [2.05, 4.69) is 11.4 Å². The quantitative estimate of drug-likeness (QED) is 0.384. The van der Waals surface area contributed by atoms with Crippen LogP contribution in [0.2, 0.25) is 0 Å². The highest BCUT2D eigenvalue weighted by Gasteiger charge is 2.20. The Morgan fingerprint density at radius 1 is 1.06 bits per heavy atom. The van der Waals surface area contributed by atoms with E-state index in [9.17, 15) is 15.2 Å². The summed E-state index contributed by atoms with van der Waals surface area (Å²) in [5.41, 5.74) is 4.69. The number of carboxylic acids is 1. The number of carboxylic acid groups (broad SMARTS) is 1. The van der Waals surface area contributed by atoms with Crippen molar-refractivity contribution < 1.29 is 14.6 Å². The van der Waals surface area contributed by atoms with Gasteiger partial charge in [-0.05, 0) is 31.5 Å². The lowest BCUT2D eigenvalue weighted by atomic mass is 9.98. The van der Waals surface area contributed by atoms with Crippen LogP contribution >= 0.6 is 0 Å². The fourth-order valence-electron chi connectivity index (χ4n) is 3.75. The van der Waals surface area contributed by atoms with Gasteiger partial charge in [-0.3, -0.25) is 4.79 Å². The molecule has 6 heteroatoms. The lowest BCUT2D eigenvalue weighted by Gasteiger charge is -2.17. The van der Waals surface area contributed by atoms with Crippen molar-refractivity contribution >= 4 is 22.6 Å². The third kappa shape index (κ3) is 4.35. The molecule has 1 atom stereocenters. The van der Waals surface area contributed by atoms with Crippen LogP contribution in [0.5, 0.6) is 5.75 Å². The second kappa shape index (κ2) is 9.41. The summed E-state index contributed by atoms with van der Waals surface area (Å²) in [4.78, 5) is 16.2. The molecule has 0 saturated heterocycles. The Morgan fingerprint density at radius 3 is 2.42 bits per heavy atom. The second-order valence-electron chi connectivity index (χ2n) is 7.55. The summed E-state index contributed by atoms with van der Waals surface area (Å²) in [5.74, 6) is -0.193. The maximum absolute atomic E-state index is 11.5. The maximum atomic E-state index is 11.5. The highest BCUT2D eigenvalue weighted by Crippen LogP contribution is 2.36. The number of nitrogens with zero attached hydrogens (tertiary/aromatic N) is 2. The zero-order valence-electron chi connectivity index (χ0n) is 18.4. The number of pyridine rings is 1. The average molecular weight is 437 g/mol. The zero-order valence-corrected chi connectivity index (χ0v) is 18.4. The first-order valence-corrected chi connectivity index (χ1v) is 10.7. The molecule has 0 bridgehead atoms. The lowest BCUT2D eigenvalue weighted by Crippen LogP contribution is -2.26. The molecule has 4 aromatic rings. The van der Waals surface area contributed by atoms with Crippen molar-refractivity contribution in [3.63, 3.8) is 0 Å². The highest BCUT2D eigenvalue weighted by atomic mass is 16.5. The van der Waals surface area contributed by atoms with Crippen LogP contribution in [-0.4, -0.2) is 28.7 Å². The first-order chi connectivity index (χ1) is 16.0. The van der Waals surface area contributed by atoms with Gasteiger partial charge in [-0.15, -0.1) is 0 Å². The molecule has 0 aliphatic rings. The Balaban J connectivity index is 1.83. The Bertz CT molecular complexity index is 1360. The standard InChI is InChI=1S/C27H23N3O3/c1-3-33-24-11-7-5-8-20(24)18-12-14-19(15-13-18)25-22(16-28)26(29-17(2)27(31)32)21-9-4-6-10-23(21)30-25/h4-15,17H,3H2,1-2H3,(H,29,30)(H,31,32)/t17-/m1/s1. The zero-order chi connectivity index (χ0) is 23.4. The van der Waals surface area contributed by atoms with Crippen LogP contribution in [0.3, 0.4) is 0 Å². The number of aliphatic carboxylic acids is 1. The highest BCUT2D eigenvalue weighted by molar-refractivity contribution is 5.99. The lowest BCUT2D eigenvalue weighted by molar-refractivity contribution is -0.137. The molecular weight excluding hydrogens is 414 g/mol.